The highest BCUT2D eigenvalue weighted by molar-refractivity contribution is 7.99. The van der Waals surface area contributed by atoms with Crippen LogP contribution in [0, 0.1) is 17.6 Å². The van der Waals surface area contributed by atoms with Gasteiger partial charge in [0.1, 0.15) is 11.6 Å². The van der Waals surface area contributed by atoms with Gasteiger partial charge in [-0.2, -0.15) is 11.8 Å². The van der Waals surface area contributed by atoms with Crippen LogP contribution >= 0.6 is 11.8 Å². The summed E-state index contributed by atoms with van der Waals surface area (Å²) in [4.78, 5) is 0. The minimum atomic E-state index is -0.518. The second-order valence-corrected chi connectivity index (χ2v) is 5.34. The summed E-state index contributed by atoms with van der Waals surface area (Å²) < 4.78 is 26.4. The molecule has 4 heteroatoms. The van der Waals surface area contributed by atoms with Gasteiger partial charge in [0, 0.05) is 23.4 Å². The molecule has 0 aliphatic carbocycles. The summed E-state index contributed by atoms with van der Waals surface area (Å²) in [5, 5.41) is 3.32. The van der Waals surface area contributed by atoms with Gasteiger partial charge < -0.3 is 5.32 Å². The lowest BCUT2D eigenvalue weighted by Gasteiger charge is -2.16. The predicted molar refractivity (Wildman–Crippen MR) is 63.6 cm³/mol. The van der Waals surface area contributed by atoms with E-state index in [1.54, 1.807) is 6.07 Å². The molecule has 88 valence electrons. The zero-order chi connectivity index (χ0) is 11.5. The van der Waals surface area contributed by atoms with Gasteiger partial charge in [-0.3, -0.25) is 0 Å². The molecule has 0 amide bonds. The Balaban J connectivity index is 2.16. The highest BCUT2D eigenvalue weighted by Crippen LogP contribution is 2.25. The van der Waals surface area contributed by atoms with E-state index < -0.39 is 11.6 Å². The Morgan fingerprint density at radius 3 is 2.88 bits per heavy atom. The predicted octanol–water partition coefficient (Wildman–Crippen LogP) is 2.98. The molecule has 2 atom stereocenters. The van der Waals surface area contributed by atoms with Gasteiger partial charge in [-0.25, -0.2) is 8.78 Å². The Hall–Kier alpha value is -0.610. The monoisotopic (exact) mass is 243 g/mol. The zero-order valence-corrected chi connectivity index (χ0v) is 9.99. The second kappa shape index (κ2) is 5.15. The van der Waals surface area contributed by atoms with E-state index in [4.69, 9.17) is 0 Å². The average Bonchev–Trinajstić information content (AvgIpc) is 2.43. The molecular weight excluding hydrogens is 228 g/mol. The summed E-state index contributed by atoms with van der Waals surface area (Å²) in [6.45, 7) is 3.05. The van der Waals surface area contributed by atoms with Crippen molar-refractivity contribution in [3.8, 4) is 0 Å². The van der Waals surface area contributed by atoms with Crippen LogP contribution in [0.1, 0.15) is 18.5 Å². The second-order valence-electron chi connectivity index (χ2n) is 4.27. The quantitative estimate of drug-likeness (QED) is 0.814. The molecule has 0 radical (unpaired) electrons. The summed E-state index contributed by atoms with van der Waals surface area (Å²) in [6, 6.07) is 3.81. The van der Waals surface area contributed by atoms with E-state index in [0.717, 1.165) is 24.1 Å². The maximum Gasteiger partial charge on any atom is 0.130 e. The van der Waals surface area contributed by atoms with E-state index in [1.165, 1.54) is 6.07 Å². The van der Waals surface area contributed by atoms with Crippen LogP contribution in [0.3, 0.4) is 0 Å². The molecule has 0 bridgehead atoms. The molecule has 1 aromatic carbocycles. The van der Waals surface area contributed by atoms with Crippen molar-refractivity contribution in [3.63, 3.8) is 0 Å². The maximum atomic E-state index is 13.6. The molecule has 2 rings (SSSR count). The number of rotatable bonds is 1. The molecule has 2 unspecified atom stereocenters. The molecule has 16 heavy (non-hydrogen) atoms. The molecule has 0 saturated carbocycles. The Kier molecular flexibility index (Phi) is 3.82. The van der Waals surface area contributed by atoms with Crippen molar-refractivity contribution in [3.05, 3.63) is 35.4 Å². The topological polar surface area (TPSA) is 12.0 Å². The van der Waals surface area contributed by atoms with E-state index in [9.17, 15) is 8.78 Å². The Morgan fingerprint density at radius 2 is 2.12 bits per heavy atom. The molecule has 1 fully saturated rings. The van der Waals surface area contributed by atoms with Gasteiger partial charge >= 0.3 is 0 Å². The number of halogens is 2. The molecule has 0 aromatic heterocycles. The molecule has 1 heterocycles. The normalized spacial score (nSPS) is 26.4. The number of nitrogens with one attached hydrogen (secondary N) is 1. The molecule has 1 saturated heterocycles. The third-order valence-corrected chi connectivity index (χ3v) is 4.11. The van der Waals surface area contributed by atoms with E-state index >= 15 is 0 Å². The fourth-order valence-corrected chi connectivity index (χ4v) is 3.02. The Bertz CT molecular complexity index is 370. The van der Waals surface area contributed by atoms with Crippen molar-refractivity contribution in [2.75, 3.05) is 18.1 Å². The Labute approximate surface area is 98.6 Å². The van der Waals surface area contributed by atoms with Crippen LogP contribution in [0.4, 0.5) is 8.78 Å². The minimum absolute atomic E-state index is 0.00412. The molecule has 0 spiro atoms. The Morgan fingerprint density at radius 1 is 1.31 bits per heavy atom. The molecule has 1 aliphatic heterocycles. The van der Waals surface area contributed by atoms with Crippen molar-refractivity contribution >= 4 is 11.8 Å². The van der Waals surface area contributed by atoms with Gasteiger partial charge in [-0.1, -0.05) is 13.0 Å². The van der Waals surface area contributed by atoms with E-state index in [-0.39, 0.29) is 6.04 Å². The molecule has 1 N–H and O–H groups in total. The summed E-state index contributed by atoms with van der Waals surface area (Å²) in [6.07, 6.45) is 0. The lowest BCUT2D eigenvalue weighted by molar-refractivity contribution is 0.492. The first-order valence-corrected chi connectivity index (χ1v) is 6.58. The van der Waals surface area contributed by atoms with E-state index in [1.807, 2.05) is 11.8 Å². The fraction of sp³-hybridized carbons (Fsp3) is 0.500. The lowest BCUT2D eigenvalue weighted by Crippen LogP contribution is -2.26. The number of hydrogen-bond donors (Lipinski definition) is 1. The number of thioether (sulfide) groups is 1. The minimum Gasteiger partial charge on any atom is -0.309 e. The summed E-state index contributed by atoms with van der Waals surface area (Å²) in [5.41, 5.74) is 0.572. The van der Waals surface area contributed by atoms with Crippen molar-refractivity contribution in [1.82, 2.24) is 5.32 Å². The maximum absolute atomic E-state index is 13.6. The largest absolute Gasteiger partial charge is 0.309 e. The van der Waals surface area contributed by atoms with Gasteiger partial charge in [0.05, 0.1) is 0 Å². The lowest BCUT2D eigenvalue weighted by atomic mass is 10.1. The SMILES string of the molecule is CC1CNC(c2ccc(F)cc2F)CSC1. The van der Waals surface area contributed by atoms with E-state index in [0.29, 0.717) is 11.5 Å². The standard InChI is InChI=1S/C12H15F2NS/c1-8-5-15-12(7-16-6-8)10-3-2-9(13)4-11(10)14/h2-4,8,12,15H,5-7H2,1H3. The highest BCUT2D eigenvalue weighted by atomic mass is 32.2. The average molecular weight is 243 g/mol. The highest BCUT2D eigenvalue weighted by Gasteiger charge is 2.20. The molecule has 1 aliphatic rings. The van der Waals surface area contributed by atoms with Crippen LogP contribution in [-0.4, -0.2) is 18.1 Å². The summed E-state index contributed by atoms with van der Waals surface area (Å²) in [5.74, 6) is 1.56. The molecule has 1 aromatic rings. The zero-order valence-electron chi connectivity index (χ0n) is 9.17. The van der Waals surface area contributed by atoms with Crippen LogP contribution in [0.15, 0.2) is 18.2 Å². The van der Waals surface area contributed by atoms with Crippen molar-refractivity contribution in [1.29, 1.82) is 0 Å². The van der Waals surface area contributed by atoms with Crippen molar-refractivity contribution in [2.45, 2.75) is 13.0 Å². The molecule has 1 nitrogen and oxygen atoms in total. The van der Waals surface area contributed by atoms with Crippen LogP contribution < -0.4 is 5.32 Å². The van der Waals surface area contributed by atoms with Gasteiger partial charge in [-0.15, -0.1) is 0 Å². The van der Waals surface area contributed by atoms with Gasteiger partial charge in [0.2, 0.25) is 0 Å². The van der Waals surface area contributed by atoms with Gasteiger partial charge in [0.15, 0.2) is 0 Å². The summed E-state index contributed by atoms with van der Waals surface area (Å²) in [7, 11) is 0. The van der Waals surface area contributed by atoms with Crippen LogP contribution in [-0.2, 0) is 0 Å². The number of hydrogen-bond acceptors (Lipinski definition) is 2. The summed E-state index contributed by atoms with van der Waals surface area (Å²) >= 11 is 1.82. The van der Waals surface area contributed by atoms with Gasteiger partial charge in [-0.05, 0) is 24.3 Å². The van der Waals surface area contributed by atoms with Crippen molar-refractivity contribution < 1.29 is 8.78 Å². The first-order chi connectivity index (χ1) is 7.66. The number of benzene rings is 1. The first-order valence-electron chi connectivity index (χ1n) is 5.43. The third kappa shape index (κ3) is 2.74. The van der Waals surface area contributed by atoms with Crippen LogP contribution in [0.5, 0.6) is 0 Å². The third-order valence-electron chi connectivity index (χ3n) is 2.74. The molecular formula is C12H15F2NS. The van der Waals surface area contributed by atoms with Crippen molar-refractivity contribution in [2.24, 2.45) is 5.92 Å². The fourth-order valence-electron chi connectivity index (χ4n) is 1.83. The van der Waals surface area contributed by atoms with Crippen LogP contribution in [0.2, 0.25) is 0 Å². The van der Waals surface area contributed by atoms with E-state index in [2.05, 4.69) is 12.2 Å². The first kappa shape index (κ1) is 11.9. The van der Waals surface area contributed by atoms with Gasteiger partial charge in [0.25, 0.3) is 0 Å². The smallest absolute Gasteiger partial charge is 0.130 e. The van der Waals surface area contributed by atoms with Crippen LogP contribution in [0.25, 0.3) is 0 Å².